The Hall–Kier alpha value is -3.48. The second kappa shape index (κ2) is 6.30. The molecule has 140 valence electrons. The number of hydrogen-bond donors (Lipinski definition) is 2. The molecule has 3 heterocycles. The van der Waals surface area contributed by atoms with Crippen molar-refractivity contribution in [1.82, 2.24) is 15.0 Å². The molecule has 1 saturated carbocycles. The van der Waals surface area contributed by atoms with Crippen LogP contribution in [0.25, 0.3) is 33.3 Å². The average Bonchev–Trinajstić information content (AvgIpc) is 3.46. The van der Waals surface area contributed by atoms with Crippen molar-refractivity contribution in [1.29, 1.82) is 0 Å². The molecule has 0 unspecified atom stereocenters. The van der Waals surface area contributed by atoms with Gasteiger partial charge in [0, 0.05) is 36.1 Å². The molecule has 4 aromatic rings. The van der Waals surface area contributed by atoms with Gasteiger partial charge in [0.15, 0.2) is 5.58 Å². The minimum absolute atomic E-state index is 0.0220. The van der Waals surface area contributed by atoms with E-state index in [-0.39, 0.29) is 11.8 Å². The van der Waals surface area contributed by atoms with Crippen molar-refractivity contribution in [2.45, 2.75) is 19.8 Å². The average molecular weight is 373 g/mol. The first-order valence-corrected chi connectivity index (χ1v) is 9.28. The van der Waals surface area contributed by atoms with E-state index in [1.54, 1.807) is 12.4 Å². The Balaban J connectivity index is 1.67. The second-order valence-corrected chi connectivity index (χ2v) is 7.09. The predicted octanol–water partition coefficient (Wildman–Crippen LogP) is 4.14. The van der Waals surface area contributed by atoms with Crippen LogP contribution in [0.4, 0.5) is 11.6 Å². The van der Waals surface area contributed by atoms with Crippen LogP contribution in [0.15, 0.2) is 41.1 Å². The van der Waals surface area contributed by atoms with E-state index >= 15 is 0 Å². The van der Waals surface area contributed by atoms with Gasteiger partial charge in [0.05, 0.1) is 5.56 Å². The molecule has 7 nitrogen and oxygen atoms in total. The molecule has 0 spiro atoms. The molecular formula is C21H19N5O2. The molecule has 28 heavy (non-hydrogen) atoms. The number of pyridine rings is 2. The van der Waals surface area contributed by atoms with Crippen molar-refractivity contribution in [3.05, 3.63) is 42.2 Å². The predicted molar refractivity (Wildman–Crippen MR) is 108 cm³/mol. The van der Waals surface area contributed by atoms with Crippen LogP contribution in [0, 0.1) is 12.8 Å². The van der Waals surface area contributed by atoms with Crippen LogP contribution in [0.3, 0.4) is 0 Å². The van der Waals surface area contributed by atoms with E-state index in [2.05, 4.69) is 25.6 Å². The van der Waals surface area contributed by atoms with E-state index in [9.17, 15) is 4.79 Å². The highest BCUT2D eigenvalue weighted by atomic mass is 16.3. The van der Waals surface area contributed by atoms with Crippen LogP contribution in [-0.4, -0.2) is 27.9 Å². The minimum Gasteiger partial charge on any atom is -0.436 e. The number of aromatic nitrogens is 3. The van der Waals surface area contributed by atoms with Crippen LogP contribution >= 0.6 is 0 Å². The first-order chi connectivity index (χ1) is 13.6. The number of nitrogens with zero attached hydrogens (tertiary/aromatic N) is 3. The number of aryl methyl sites for hydroxylation is 1. The summed E-state index contributed by atoms with van der Waals surface area (Å²) in [6.07, 6.45) is 5.34. The number of nitrogens with one attached hydrogen (secondary N) is 2. The molecule has 2 N–H and O–H groups in total. The molecule has 0 bridgehead atoms. The fraction of sp³-hybridized carbons (Fsp3) is 0.238. The van der Waals surface area contributed by atoms with Gasteiger partial charge in [-0.2, -0.15) is 0 Å². The van der Waals surface area contributed by atoms with Crippen molar-refractivity contribution in [2.24, 2.45) is 5.92 Å². The zero-order valence-electron chi connectivity index (χ0n) is 15.6. The van der Waals surface area contributed by atoms with Crippen LogP contribution in [0.2, 0.25) is 0 Å². The molecule has 1 aliphatic carbocycles. The number of anilines is 2. The highest BCUT2D eigenvalue weighted by molar-refractivity contribution is 6.03. The lowest BCUT2D eigenvalue weighted by Gasteiger charge is -2.10. The smallest absolute Gasteiger partial charge is 0.229 e. The summed E-state index contributed by atoms with van der Waals surface area (Å²) in [5, 5.41) is 7.69. The maximum absolute atomic E-state index is 12.1. The van der Waals surface area contributed by atoms with Crippen molar-refractivity contribution in [3.8, 4) is 11.5 Å². The van der Waals surface area contributed by atoms with E-state index in [1.807, 2.05) is 38.2 Å². The molecule has 0 saturated heterocycles. The number of carbonyl (C=O) groups is 1. The fourth-order valence-electron chi connectivity index (χ4n) is 3.35. The first-order valence-electron chi connectivity index (χ1n) is 9.28. The Morgan fingerprint density at radius 2 is 2.04 bits per heavy atom. The van der Waals surface area contributed by atoms with Gasteiger partial charge in [-0.05, 0) is 37.5 Å². The highest BCUT2D eigenvalue weighted by Crippen LogP contribution is 2.35. The monoisotopic (exact) mass is 373 g/mol. The van der Waals surface area contributed by atoms with E-state index in [4.69, 9.17) is 4.42 Å². The summed E-state index contributed by atoms with van der Waals surface area (Å²) in [5.74, 6) is 1.86. The van der Waals surface area contributed by atoms with Gasteiger partial charge in [-0.15, -0.1) is 0 Å². The summed E-state index contributed by atoms with van der Waals surface area (Å²) < 4.78 is 6.06. The lowest BCUT2D eigenvalue weighted by Crippen LogP contribution is -2.14. The number of carbonyl (C=O) groups excluding carboxylic acids is 1. The Bertz CT molecular complexity index is 1230. The zero-order chi connectivity index (χ0) is 19.3. The molecule has 0 aliphatic heterocycles. The largest absolute Gasteiger partial charge is 0.436 e. The molecule has 0 radical (unpaired) electrons. The molecule has 5 rings (SSSR count). The number of rotatable bonds is 4. The van der Waals surface area contributed by atoms with E-state index < -0.39 is 0 Å². The third kappa shape index (κ3) is 2.76. The summed E-state index contributed by atoms with van der Waals surface area (Å²) in [4.78, 5) is 25.7. The van der Waals surface area contributed by atoms with E-state index in [1.165, 1.54) is 0 Å². The lowest BCUT2D eigenvalue weighted by atomic mass is 10.1. The number of fused-ring (bicyclic) bond motifs is 2. The third-order valence-corrected chi connectivity index (χ3v) is 5.05. The van der Waals surface area contributed by atoms with E-state index in [0.29, 0.717) is 17.5 Å². The number of hydrogen-bond acceptors (Lipinski definition) is 6. The van der Waals surface area contributed by atoms with Crippen molar-refractivity contribution in [2.75, 3.05) is 17.7 Å². The van der Waals surface area contributed by atoms with Gasteiger partial charge in [-0.1, -0.05) is 12.1 Å². The Morgan fingerprint density at radius 1 is 1.18 bits per heavy atom. The summed E-state index contributed by atoms with van der Waals surface area (Å²) in [7, 11) is 1.81. The topological polar surface area (TPSA) is 92.9 Å². The number of benzene rings is 1. The Morgan fingerprint density at radius 3 is 2.79 bits per heavy atom. The summed E-state index contributed by atoms with van der Waals surface area (Å²) in [6, 6.07) is 7.73. The van der Waals surface area contributed by atoms with Crippen molar-refractivity contribution >= 4 is 39.4 Å². The lowest BCUT2D eigenvalue weighted by molar-refractivity contribution is -0.117. The molecule has 7 heteroatoms. The molecule has 1 aromatic carbocycles. The van der Waals surface area contributed by atoms with Gasteiger partial charge in [0.2, 0.25) is 11.8 Å². The molecule has 1 fully saturated rings. The van der Waals surface area contributed by atoms with Gasteiger partial charge < -0.3 is 15.1 Å². The summed E-state index contributed by atoms with van der Waals surface area (Å²) in [5.41, 5.74) is 3.35. The summed E-state index contributed by atoms with van der Waals surface area (Å²) in [6.45, 7) is 1.99. The molecule has 1 aliphatic rings. The number of amides is 1. The van der Waals surface area contributed by atoms with Crippen LogP contribution < -0.4 is 10.6 Å². The van der Waals surface area contributed by atoms with Gasteiger partial charge >= 0.3 is 0 Å². The zero-order valence-corrected chi connectivity index (χ0v) is 15.6. The Labute approximate surface area is 161 Å². The molecule has 1 amide bonds. The highest BCUT2D eigenvalue weighted by Gasteiger charge is 2.30. The minimum atomic E-state index is 0.0220. The Kier molecular flexibility index (Phi) is 3.75. The van der Waals surface area contributed by atoms with E-state index in [0.717, 1.165) is 45.8 Å². The van der Waals surface area contributed by atoms with Crippen molar-refractivity contribution < 1.29 is 9.21 Å². The first kappa shape index (κ1) is 16.7. The molecule has 0 atom stereocenters. The molecule has 3 aromatic heterocycles. The van der Waals surface area contributed by atoms with Gasteiger partial charge in [0.25, 0.3) is 0 Å². The van der Waals surface area contributed by atoms with Crippen LogP contribution in [0.1, 0.15) is 18.4 Å². The quantitative estimate of drug-likeness (QED) is 0.558. The maximum atomic E-state index is 12.1. The second-order valence-electron chi connectivity index (χ2n) is 7.09. The van der Waals surface area contributed by atoms with Gasteiger partial charge in [0.1, 0.15) is 17.2 Å². The van der Waals surface area contributed by atoms with Crippen LogP contribution in [-0.2, 0) is 4.79 Å². The normalized spacial score (nSPS) is 13.8. The summed E-state index contributed by atoms with van der Waals surface area (Å²) >= 11 is 0. The number of oxazole rings is 1. The van der Waals surface area contributed by atoms with Gasteiger partial charge in [-0.25, -0.2) is 15.0 Å². The maximum Gasteiger partial charge on any atom is 0.229 e. The van der Waals surface area contributed by atoms with Gasteiger partial charge in [-0.3, -0.25) is 4.79 Å². The number of para-hydroxylation sites is 1. The molecular weight excluding hydrogens is 354 g/mol. The SMILES string of the molecule is CNc1ncc(-c2nc3cccc(C)c3o2)c2cc(NC(=O)C3CC3)ncc12. The fourth-order valence-corrected chi connectivity index (χ4v) is 3.35. The van der Waals surface area contributed by atoms with Crippen LogP contribution in [0.5, 0.6) is 0 Å². The third-order valence-electron chi connectivity index (χ3n) is 5.05. The standard InChI is InChI=1S/C21H19N5O2/c1-11-4-3-5-16-18(11)28-21(25-16)15-10-24-19(22-2)14-9-23-17(8-13(14)15)26-20(27)12-6-7-12/h3-5,8-10,12H,6-7H2,1-2H3,(H,22,24)(H,23,26,27). The van der Waals surface area contributed by atoms with Crippen molar-refractivity contribution in [3.63, 3.8) is 0 Å².